The quantitative estimate of drug-likeness (QED) is 0.879. The molecule has 1 aliphatic heterocycles. The Labute approximate surface area is 151 Å². The molecule has 0 unspecified atom stereocenters. The molecule has 138 valence electrons. The summed E-state index contributed by atoms with van der Waals surface area (Å²) in [7, 11) is 1.57. The fourth-order valence-corrected chi connectivity index (χ4v) is 2.62. The predicted octanol–water partition coefficient (Wildman–Crippen LogP) is 2.92. The van der Waals surface area contributed by atoms with Crippen LogP contribution in [0, 0.1) is 0 Å². The molecule has 0 aliphatic carbocycles. The summed E-state index contributed by atoms with van der Waals surface area (Å²) in [6.07, 6.45) is -0.394. The second-order valence-electron chi connectivity index (χ2n) is 7.05. The van der Waals surface area contributed by atoms with Gasteiger partial charge >= 0.3 is 6.09 Å². The molecule has 0 fully saturated rings. The zero-order valence-electron chi connectivity index (χ0n) is 15.3. The molecule has 1 aromatic carbocycles. The van der Waals surface area contributed by atoms with Gasteiger partial charge in [0.25, 0.3) is 5.91 Å². The van der Waals surface area contributed by atoms with Crippen molar-refractivity contribution in [2.75, 3.05) is 12.4 Å². The Bertz CT molecular complexity index is 821. The number of hydrogen-bond donors (Lipinski definition) is 2. The largest absolute Gasteiger partial charge is 0.497 e. The summed E-state index contributed by atoms with van der Waals surface area (Å²) in [5.74, 6) is 0.819. The number of nitrogens with zero attached hydrogens (tertiary/aromatic N) is 2. The Morgan fingerprint density at radius 3 is 2.50 bits per heavy atom. The fraction of sp³-hybridized carbons (Fsp3) is 0.389. The number of methoxy groups -OCH3 is 1. The molecule has 0 atom stereocenters. The second-order valence-corrected chi connectivity index (χ2v) is 7.05. The lowest BCUT2D eigenvalue weighted by Gasteiger charge is -2.24. The van der Waals surface area contributed by atoms with Gasteiger partial charge < -0.3 is 14.8 Å². The van der Waals surface area contributed by atoms with Gasteiger partial charge in [-0.3, -0.25) is 14.8 Å². The van der Waals surface area contributed by atoms with Gasteiger partial charge in [-0.05, 0) is 45.0 Å². The van der Waals surface area contributed by atoms with E-state index in [9.17, 15) is 9.59 Å². The van der Waals surface area contributed by atoms with Crippen molar-refractivity contribution in [2.45, 2.75) is 39.5 Å². The van der Waals surface area contributed by atoms with E-state index in [0.717, 1.165) is 11.3 Å². The maximum absolute atomic E-state index is 12.4. The zero-order valence-corrected chi connectivity index (χ0v) is 15.3. The lowest BCUT2D eigenvalue weighted by Crippen LogP contribution is -2.33. The minimum absolute atomic E-state index is 0.280. The van der Waals surface area contributed by atoms with Crippen molar-refractivity contribution in [3.63, 3.8) is 0 Å². The van der Waals surface area contributed by atoms with E-state index in [1.807, 2.05) is 20.8 Å². The molecule has 1 aliphatic rings. The van der Waals surface area contributed by atoms with Crippen molar-refractivity contribution >= 4 is 17.8 Å². The van der Waals surface area contributed by atoms with Gasteiger partial charge in [-0.15, -0.1) is 0 Å². The number of amides is 2. The summed E-state index contributed by atoms with van der Waals surface area (Å²) in [6.45, 7) is 6.17. The SMILES string of the molecule is COc1ccc(C(=O)Nc2n[nH]c3c2CN(C(=O)OC(C)(C)C)C3)cc1. The van der Waals surface area contributed by atoms with Crippen LogP contribution in [-0.2, 0) is 17.8 Å². The molecule has 26 heavy (non-hydrogen) atoms. The number of anilines is 1. The van der Waals surface area contributed by atoms with Crippen LogP contribution in [0.1, 0.15) is 42.4 Å². The normalized spacial score (nSPS) is 13.3. The van der Waals surface area contributed by atoms with Gasteiger partial charge in [-0.1, -0.05) is 0 Å². The number of rotatable bonds is 3. The van der Waals surface area contributed by atoms with Gasteiger partial charge in [0.2, 0.25) is 0 Å². The molecule has 0 radical (unpaired) electrons. The smallest absolute Gasteiger partial charge is 0.410 e. The van der Waals surface area contributed by atoms with Gasteiger partial charge in [0.1, 0.15) is 11.4 Å². The Hall–Kier alpha value is -3.03. The predicted molar refractivity (Wildman–Crippen MR) is 95.0 cm³/mol. The number of carbonyl (C=O) groups is 2. The molecule has 0 saturated heterocycles. The third-order valence-corrected chi connectivity index (χ3v) is 3.89. The summed E-state index contributed by atoms with van der Waals surface area (Å²) in [6, 6.07) is 6.78. The standard InChI is InChI=1S/C18H22N4O4/c1-18(2,3)26-17(24)22-9-13-14(10-22)20-21-15(13)19-16(23)11-5-7-12(25-4)8-6-11/h5-8H,9-10H2,1-4H3,(H2,19,20,21,23). The van der Waals surface area contributed by atoms with Gasteiger partial charge in [0.05, 0.1) is 25.9 Å². The molecule has 8 nitrogen and oxygen atoms in total. The maximum Gasteiger partial charge on any atom is 0.410 e. The maximum atomic E-state index is 12.4. The average Bonchev–Trinajstić information content (AvgIpc) is 3.15. The molecule has 0 spiro atoms. The fourth-order valence-electron chi connectivity index (χ4n) is 2.62. The number of carbonyl (C=O) groups excluding carboxylic acids is 2. The lowest BCUT2D eigenvalue weighted by molar-refractivity contribution is 0.0240. The Balaban J connectivity index is 1.68. The van der Waals surface area contributed by atoms with Crippen LogP contribution in [0.5, 0.6) is 5.75 Å². The number of ether oxygens (including phenoxy) is 2. The zero-order chi connectivity index (χ0) is 18.9. The molecule has 8 heteroatoms. The van der Waals surface area contributed by atoms with Crippen molar-refractivity contribution in [1.82, 2.24) is 15.1 Å². The average molecular weight is 358 g/mol. The van der Waals surface area contributed by atoms with E-state index in [0.29, 0.717) is 30.2 Å². The number of nitrogens with one attached hydrogen (secondary N) is 2. The van der Waals surface area contributed by atoms with E-state index in [1.54, 1.807) is 36.3 Å². The summed E-state index contributed by atoms with van der Waals surface area (Å²) in [5.41, 5.74) is 1.51. The lowest BCUT2D eigenvalue weighted by atomic mass is 10.2. The second kappa shape index (κ2) is 6.70. The third kappa shape index (κ3) is 3.79. The molecule has 2 N–H and O–H groups in total. The number of fused-ring (bicyclic) bond motifs is 1. The topological polar surface area (TPSA) is 96.5 Å². The first-order valence-electron chi connectivity index (χ1n) is 8.26. The first kappa shape index (κ1) is 17.8. The molecular weight excluding hydrogens is 336 g/mol. The highest BCUT2D eigenvalue weighted by atomic mass is 16.6. The van der Waals surface area contributed by atoms with E-state index in [1.165, 1.54) is 0 Å². The summed E-state index contributed by atoms with van der Waals surface area (Å²) in [4.78, 5) is 26.2. The molecule has 2 aromatic rings. The summed E-state index contributed by atoms with van der Waals surface area (Å²) < 4.78 is 10.5. The van der Waals surface area contributed by atoms with E-state index < -0.39 is 11.7 Å². The molecular formula is C18H22N4O4. The van der Waals surface area contributed by atoms with Gasteiger partial charge in [-0.2, -0.15) is 5.10 Å². The molecule has 2 heterocycles. The number of H-pyrrole nitrogens is 1. The summed E-state index contributed by atoms with van der Waals surface area (Å²) >= 11 is 0. The Kier molecular flexibility index (Phi) is 4.58. The van der Waals surface area contributed by atoms with Crippen molar-refractivity contribution in [1.29, 1.82) is 0 Å². The number of aromatic nitrogens is 2. The van der Waals surface area contributed by atoms with E-state index >= 15 is 0 Å². The Morgan fingerprint density at radius 2 is 1.88 bits per heavy atom. The minimum atomic E-state index is -0.558. The third-order valence-electron chi connectivity index (χ3n) is 3.89. The van der Waals surface area contributed by atoms with Gasteiger partial charge in [0.15, 0.2) is 5.82 Å². The van der Waals surface area contributed by atoms with E-state index in [4.69, 9.17) is 9.47 Å². The van der Waals surface area contributed by atoms with Crippen molar-refractivity contribution < 1.29 is 19.1 Å². The van der Waals surface area contributed by atoms with Crippen LogP contribution in [0.25, 0.3) is 0 Å². The molecule has 3 rings (SSSR count). The van der Waals surface area contributed by atoms with Gasteiger partial charge in [0, 0.05) is 11.1 Å². The number of aromatic amines is 1. The van der Waals surface area contributed by atoms with Crippen LogP contribution < -0.4 is 10.1 Å². The minimum Gasteiger partial charge on any atom is -0.497 e. The Morgan fingerprint density at radius 1 is 1.19 bits per heavy atom. The van der Waals surface area contributed by atoms with Crippen molar-refractivity contribution in [3.8, 4) is 5.75 Å². The molecule has 0 saturated carbocycles. The highest BCUT2D eigenvalue weighted by molar-refractivity contribution is 6.04. The first-order valence-corrected chi connectivity index (χ1v) is 8.26. The highest BCUT2D eigenvalue weighted by Crippen LogP contribution is 2.28. The monoisotopic (exact) mass is 358 g/mol. The summed E-state index contributed by atoms with van der Waals surface area (Å²) in [5, 5.41) is 9.80. The van der Waals surface area contributed by atoms with Crippen LogP contribution in [-0.4, -0.2) is 39.8 Å². The first-order chi connectivity index (χ1) is 12.3. The number of benzene rings is 1. The molecule has 2 amide bonds. The molecule has 0 bridgehead atoms. The van der Waals surface area contributed by atoms with E-state index in [2.05, 4.69) is 15.5 Å². The van der Waals surface area contributed by atoms with Gasteiger partial charge in [-0.25, -0.2) is 4.79 Å². The van der Waals surface area contributed by atoms with Crippen LogP contribution in [0.2, 0.25) is 0 Å². The van der Waals surface area contributed by atoms with Crippen LogP contribution in [0.15, 0.2) is 24.3 Å². The van der Waals surface area contributed by atoms with E-state index in [-0.39, 0.29) is 5.91 Å². The van der Waals surface area contributed by atoms with Crippen LogP contribution in [0.3, 0.4) is 0 Å². The highest BCUT2D eigenvalue weighted by Gasteiger charge is 2.31. The van der Waals surface area contributed by atoms with Crippen LogP contribution >= 0.6 is 0 Å². The van der Waals surface area contributed by atoms with Crippen molar-refractivity contribution in [3.05, 3.63) is 41.1 Å². The molecule has 1 aromatic heterocycles. The number of hydrogen-bond acceptors (Lipinski definition) is 5. The van der Waals surface area contributed by atoms with Crippen LogP contribution in [0.4, 0.5) is 10.6 Å². The van der Waals surface area contributed by atoms with Crippen molar-refractivity contribution in [2.24, 2.45) is 0 Å².